The number of nitrogens with two attached hydrogens (primary N) is 1. The Morgan fingerprint density at radius 2 is 1.74 bits per heavy atom. The molecule has 5 N–H and O–H groups in total. The van der Waals surface area contributed by atoms with Gasteiger partial charge >= 0.3 is 0 Å². The third kappa shape index (κ3) is 11.0. The van der Waals surface area contributed by atoms with Gasteiger partial charge in [-0.25, -0.2) is 0 Å². The summed E-state index contributed by atoms with van der Waals surface area (Å²) in [5.41, 5.74) is 6.96. The Morgan fingerprint density at radius 3 is 2.51 bits per heavy atom. The summed E-state index contributed by atoms with van der Waals surface area (Å²) >= 11 is 0. The average molecular weight is 733 g/mol. The highest BCUT2D eigenvalue weighted by Gasteiger charge is 2.37. The van der Waals surface area contributed by atoms with Crippen LogP contribution in [0.2, 0.25) is 0 Å². The summed E-state index contributed by atoms with van der Waals surface area (Å²) < 4.78 is 6.25. The fourth-order valence-electron chi connectivity index (χ4n) is 7.32. The van der Waals surface area contributed by atoms with Crippen molar-refractivity contribution >= 4 is 29.5 Å². The summed E-state index contributed by atoms with van der Waals surface area (Å²) in [6.45, 7) is 7.88. The Hall–Kier alpha value is -4.56. The molecule has 5 rings (SSSR count). The molecule has 0 aliphatic carbocycles. The Bertz CT molecular complexity index is 1560. The standard InChI is InChI=1S/C39H56N8O6/c1-27(2)35-37(50)43-31(14-5-7-18-40)39(52)47-22-9-12-29(47)26-53-33-15-4-3-13-30(33)36(49)42-32(16-17-34(48)44-35)38(51)46-21-10-20-45(23-24-46)25-28-11-6-8-19-41-28/h3-4,6,8,11,13,15,19,27,29,31-32,35H,5,7,9-10,12,14,16-18,20-26,40H2,1-2H3,(H,42,49)(H,43,50)(H,44,48)/t29-,31+,32+,35-/m1/s1. The van der Waals surface area contributed by atoms with Crippen LogP contribution in [-0.2, 0) is 25.7 Å². The van der Waals surface area contributed by atoms with Crippen molar-refractivity contribution in [2.24, 2.45) is 11.7 Å². The van der Waals surface area contributed by atoms with E-state index in [1.807, 2.05) is 32.0 Å². The smallest absolute Gasteiger partial charge is 0.255 e. The molecule has 0 unspecified atom stereocenters. The van der Waals surface area contributed by atoms with Gasteiger partial charge in [-0.2, -0.15) is 0 Å². The molecule has 3 aliphatic rings. The van der Waals surface area contributed by atoms with Gasteiger partial charge in [-0.05, 0) is 81.7 Å². The van der Waals surface area contributed by atoms with Crippen LogP contribution in [0.15, 0.2) is 48.7 Å². The van der Waals surface area contributed by atoms with Crippen LogP contribution in [0.1, 0.15) is 81.3 Å². The molecule has 0 spiro atoms. The molecule has 3 aliphatic heterocycles. The number of para-hydroxylation sites is 1. The van der Waals surface area contributed by atoms with Gasteiger partial charge < -0.3 is 36.2 Å². The third-order valence-electron chi connectivity index (χ3n) is 10.3. The van der Waals surface area contributed by atoms with Gasteiger partial charge in [0.1, 0.15) is 30.5 Å². The van der Waals surface area contributed by atoms with Crippen LogP contribution in [0.4, 0.5) is 0 Å². The SMILES string of the molecule is CC(C)[C@H]1NC(=O)CC[C@@H](C(=O)N2CCCN(Cc3ccccn3)CC2)NC(=O)c2ccccc2OC[C@H]2CCCN2C(=O)[C@H](CCCCN)NC1=O. The molecular weight excluding hydrogens is 676 g/mol. The number of hydrogen-bond donors (Lipinski definition) is 4. The van der Waals surface area contributed by atoms with Crippen molar-refractivity contribution in [1.82, 2.24) is 35.6 Å². The van der Waals surface area contributed by atoms with Gasteiger partial charge in [0.15, 0.2) is 0 Å². The van der Waals surface area contributed by atoms with Crippen LogP contribution >= 0.6 is 0 Å². The summed E-state index contributed by atoms with van der Waals surface area (Å²) in [5.74, 6) is -1.78. The zero-order valence-electron chi connectivity index (χ0n) is 31.1. The van der Waals surface area contributed by atoms with E-state index in [1.54, 1.807) is 40.3 Å². The highest BCUT2D eigenvalue weighted by Crippen LogP contribution is 2.24. The normalized spacial score (nSPS) is 24.2. The van der Waals surface area contributed by atoms with E-state index in [2.05, 4.69) is 25.8 Å². The van der Waals surface area contributed by atoms with Gasteiger partial charge in [-0.3, -0.25) is 33.9 Å². The van der Waals surface area contributed by atoms with Crippen LogP contribution in [0.3, 0.4) is 0 Å². The van der Waals surface area contributed by atoms with Gasteiger partial charge in [0.25, 0.3) is 5.91 Å². The van der Waals surface area contributed by atoms with E-state index >= 15 is 0 Å². The molecule has 14 nitrogen and oxygen atoms in total. The predicted molar refractivity (Wildman–Crippen MR) is 199 cm³/mol. The maximum atomic E-state index is 14.2. The Labute approximate surface area is 312 Å². The Kier molecular flexibility index (Phi) is 14.6. The number of unbranched alkanes of at least 4 members (excludes halogenated alkanes) is 1. The molecule has 1 aromatic carbocycles. The lowest BCUT2D eigenvalue weighted by Crippen LogP contribution is -2.57. The molecule has 0 bridgehead atoms. The van der Waals surface area contributed by atoms with Crippen molar-refractivity contribution in [3.63, 3.8) is 0 Å². The zero-order valence-corrected chi connectivity index (χ0v) is 31.1. The first-order valence-corrected chi connectivity index (χ1v) is 19.2. The quantitative estimate of drug-likeness (QED) is 0.295. The highest BCUT2D eigenvalue weighted by molar-refractivity contribution is 6.00. The summed E-state index contributed by atoms with van der Waals surface area (Å²) in [7, 11) is 0. The molecule has 0 radical (unpaired) electrons. The molecule has 2 fully saturated rings. The van der Waals surface area contributed by atoms with Crippen LogP contribution in [-0.4, -0.2) is 119 Å². The van der Waals surface area contributed by atoms with E-state index in [0.717, 1.165) is 25.1 Å². The van der Waals surface area contributed by atoms with Crippen LogP contribution < -0.4 is 26.4 Å². The molecule has 14 heteroatoms. The van der Waals surface area contributed by atoms with Gasteiger partial charge in [-0.15, -0.1) is 0 Å². The van der Waals surface area contributed by atoms with Gasteiger partial charge in [-0.1, -0.05) is 32.0 Å². The van der Waals surface area contributed by atoms with E-state index in [9.17, 15) is 24.0 Å². The highest BCUT2D eigenvalue weighted by atomic mass is 16.5. The van der Waals surface area contributed by atoms with Gasteiger partial charge in [0.05, 0.1) is 17.3 Å². The number of benzene rings is 1. The first-order chi connectivity index (χ1) is 25.6. The number of pyridine rings is 1. The largest absolute Gasteiger partial charge is 0.491 e. The number of ether oxygens (including phenoxy) is 1. The van der Waals surface area contributed by atoms with Gasteiger partial charge in [0.2, 0.25) is 23.6 Å². The molecular formula is C39H56N8O6. The molecule has 2 aromatic rings. The van der Waals surface area contributed by atoms with E-state index in [0.29, 0.717) is 70.7 Å². The zero-order chi connectivity index (χ0) is 37.7. The minimum atomic E-state index is -0.997. The first-order valence-electron chi connectivity index (χ1n) is 19.2. The second-order valence-corrected chi connectivity index (χ2v) is 14.6. The van der Waals surface area contributed by atoms with E-state index in [1.165, 1.54) is 0 Å². The molecule has 53 heavy (non-hydrogen) atoms. The van der Waals surface area contributed by atoms with Crippen molar-refractivity contribution < 1.29 is 28.7 Å². The topological polar surface area (TPSA) is 179 Å². The molecule has 1 aromatic heterocycles. The fraction of sp³-hybridized carbons (Fsp3) is 0.590. The molecule has 0 saturated carbocycles. The lowest BCUT2D eigenvalue weighted by molar-refractivity contribution is -0.139. The molecule has 4 atom stereocenters. The van der Waals surface area contributed by atoms with E-state index in [4.69, 9.17) is 10.5 Å². The van der Waals surface area contributed by atoms with Crippen molar-refractivity contribution in [2.45, 2.75) is 95.9 Å². The molecule has 5 amide bonds. The summed E-state index contributed by atoms with van der Waals surface area (Å²) in [6, 6.07) is 9.71. The van der Waals surface area contributed by atoms with E-state index in [-0.39, 0.29) is 48.8 Å². The molecule has 4 heterocycles. The number of carbonyl (C=O) groups is 5. The van der Waals surface area contributed by atoms with Gasteiger partial charge in [0, 0.05) is 51.9 Å². The Balaban J connectivity index is 1.38. The average Bonchev–Trinajstić information content (AvgIpc) is 3.51. The van der Waals surface area contributed by atoms with E-state index < -0.39 is 35.8 Å². The minimum absolute atomic E-state index is 0.0250. The van der Waals surface area contributed by atoms with Crippen LogP contribution in [0.25, 0.3) is 0 Å². The Morgan fingerprint density at radius 1 is 0.925 bits per heavy atom. The van der Waals surface area contributed by atoms with Crippen LogP contribution in [0.5, 0.6) is 5.75 Å². The fourth-order valence-corrected chi connectivity index (χ4v) is 7.32. The van der Waals surface area contributed by atoms with Crippen molar-refractivity contribution in [3.8, 4) is 5.75 Å². The lowest BCUT2D eigenvalue weighted by Gasteiger charge is -2.31. The maximum absolute atomic E-state index is 14.2. The maximum Gasteiger partial charge on any atom is 0.255 e. The predicted octanol–water partition coefficient (Wildman–Crippen LogP) is 1.83. The number of carbonyl (C=O) groups excluding carboxylic acids is 5. The van der Waals surface area contributed by atoms with Crippen molar-refractivity contribution in [2.75, 3.05) is 45.9 Å². The van der Waals surface area contributed by atoms with Crippen LogP contribution in [0, 0.1) is 5.92 Å². The second kappa shape index (κ2) is 19.5. The van der Waals surface area contributed by atoms with Crippen molar-refractivity contribution in [3.05, 3.63) is 59.9 Å². The number of nitrogens with zero attached hydrogens (tertiary/aromatic N) is 4. The number of fused-ring (bicyclic) bond motifs is 2. The summed E-state index contributed by atoms with van der Waals surface area (Å²) in [5, 5.41) is 8.74. The monoisotopic (exact) mass is 732 g/mol. The lowest BCUT2D eigenvalue weighted by atomic mass is 10.0. The van der Waals surface area contributed by atoms with Crippen molar-refractivity contribution in [1.29, 1.82) is 0 Å². The third-order valence-corrected chi connectivity index (χ3v) is 10.3. The minimum Gasteiger partial charge on any atom is -0.491 e. The number of amides is 5. The number of hydrogen-bond acceptors (Lipinski definition) is 9. The number of nitrogens with one attached hydrogen (secondary N) is 3. The summed E-state index contributed by atoms with van der Waals surface area (Å²) in [4.78, 5) is 79.6. The molecule has 2 saturated heterocycles. The summed E-state index contributed by atoms with van der Waals surface area (Å²) in [6.07, 6.45) is 5.68. The first kappa shape index (κ1) is 39.6. The number of rotatable bonds is 8. The second-order valence-electron chi connectivity index (χ2n) is 14.6. The molecule has 288 valence electrons. The number of aromatic nitrogens is 1.